The number of rotatable bonds is 4. The van der Waals surface area contributed by atoms with Gasteiger partial charge in [-0.2, -0.15) is 0 Å². The maximum absolute atomic E-state index is 2.43. The summed E-state index contributed by atoms with van der Waals surface area (Å²) >= 11 is 0. The van der Waals surface area contributed by atoms with Crippen LogP contribution in [0.4, 0.5) is 0 Å². The van der Waals surface area contributed by atoms with Gasteiger partial charge in [-0.1, -0.05) is 54.0 Å². The summed E-state index contributed by atoms with van der Waals surface area (Å²) in [6.07, 6.45) is 20.5. The van der Waals surface area contributed by atoms with Crippen LogP contribution in [0.3, 0.4) is 0 Å². The van der Waals surface area contributed by atoms with Crippen molar-refractivity contribution in [1.29, 1.82) is 0 Å². The lowest BCUT2D eigenvalue weighted by Gasteiger charge is -2.13. The first-order valence-electron chi connectivity index (χ1n) is 6.62. The van der Waals surface area contributed by atoms with Gasteiger partial charge in [0.15, 0.2) is 0 Å². The standard InChI is InChI=1S/C16H22/c1-2-14-9-6-10-16(13-14)12-11-15-7-4-3-5-8-15/h4,7-8,10,13H,2-3,5-6,9,11-12H2,1H3. The van der Waals surface area contributed by atoms with E-state index >= 15 is 0 Å². The molecule has 0 aliphatic heterocycles. The van der Waals surface area contributed by atoms with Gasteiger partial charge in [0.2, 0.25) is 0 Å². The third kappa shape index (κ3) is 3.23. The van der Waals surface area contributed by atoms with Crippen molar-refractivity contribution in [3.05, 3.63) is 47.1 Å². The summed E-state index contributed by atoms with van der Waals surface area (Å²) in [6, 6.07) is 0. The van der Waals surface area contributed by atoms with Crippen molar-refractivity contribution < 1.29 is 0 Å². The van der Waals surface area contributed by atoms with Crippen molar-refractivity contribution in [2.75, 3.05) is 0 Å². The third-order valence-corrected chi connectivity index (χ3v) is 3.49. The molecule has 0 bridgehead atoms. The van der Waals surface area contributed by atoms with Gasteiger partial charge in [0.05, 0.1) is 0 Å². The predicted octanol–water partition coefficient (Wildman–Crippen LogP) is 5.10. The molecule has 0 nitrogen and oxygen atoms in total. The second-order valence-electron chi connectivity index (χ2n) is 4.73. The molecule has 0 heteroatoms. The number of hydrogen-bond acceptors (Lipinski definition) is 0. The van der Waals surface area contributed by atoms with Gasteiger partial charge in [-0.3, -0.25) is 0 Å². The average Bonchev–Trinajstić information content (AvgIpc) is 2.38. The first-order chi connectivity index (χ1) is 7.88. The van der Waals surface area contributed by atoms with Crippen LogP contribution in [0.5, 0.6) is 0 Å². The minimum absolute atomic E-state index is 1.22. The molecule has 0 fully saturated rings. The molecule has 0 atom stereocenters. The number of hydrogen-bond donors (Lipinski definition) is 0. The van der Waals surface area contributed by atoms with E-state index in [2.05, 4.69) is 37.3 Å². The van der Waals surface area contributed by atoms with Crippen molar-refractivity contribution in [2.24, 2.45) is 0 Å². The summed E-state index contributed by atoms with van der Waals surface area (Å²) in [7, 11) is 0. The first kappa shape index (κ1) is 11.4. The van der Waals surface area contributed by atoms with Crippen LogP contribution in [-0.4, -0.2) is 0 Å². The Morgan fingerprint density at radius 1 is 1.00 bits per heavy atom. The molecule has 0 heterocycles. The van der Waals surface area contributed by atoms with Crippen molar-refractivity contribution in [3.63, 3.8) is 0 Å². The summed E-state index contributed by atoms with van der Waals surface area (Å²) in [4.78, 5) is 0. The molecule has 0 unspecified atom stereocenters. The van der Waals surface area contributed by atoms with Crippen LogP contribution in [0.2, 0.25) is 0 Å². The van der Waals surface area contributed by atoms with E-state index < -0.39 is 0 Å². The Morgan fingerprint density at radius 3 is 2.56 bits per heavy atom. The second kappa shape index (κ2) is 5.89. The molecule has 0 radical (unpaired) electrons. The zero-order valence-electron chi connectivity index (χ0n) is 10.3. The van der Waals surface area contributed by atoms with Crippen molar-refractivity contribution in [2.45, 2.75) is 51.9 Å². The van der Waals surface area contributed by atoms with Gasteiger partial charge >= 0.3 is 0 Å². The zero-order chi connectivity index (χ0) is 11.2. The lowest BCUT2D eigenvalue weighted by molar-refractivity contribution is 0.849. The maximum Gasteiger partial charge on any atom is -0.0242 e. The molecule has 0 amide bonds. The highest BCUT2D eigenvalue weighted by molar-refractivity contribution is 5.30. The molecule has 16 heavy (non-hydrogen) atoms. The Kier molecular flexibility index (Phi) is 4.21. The van der Waals surface area contributed by atoms with Crippen LogP contribution in [-0.2, 0) is 0 Å². The van der Waals surface area contributed by atoms with Crippen LogP contribution in [0.15, 0.2) is 47.1 Å². The minimum atomic E-state index is 1.22. The monoisotopic (exact) mass is 214 g/mol. The maximum atomic E-state index is 2.43. The molecule has 2 aliphatic rings. The Labute approximate surface area is 99.4 Å². The quantitative estimate of drug-likeness (QED) is 0.610. The van der Waals surface area contributed by atoms with Gasteiger partial charge < -0.3 is 0 Å². The minimum Gasteiger partial charge on any atom is -0.0840 e. The van der Waals surface area contributed by atoms with E-state index in [1.54, 1.807) is 11.1 Å². The Morgan fingerprint density at radius 2 is 1.81 bits per heavy atom. The van der Waals surface area contributed by atoms with Gasteiger partial charge in [-0.15, -0.1) is 0 Å². The van der Waals surface area contributed by atoms with Crippen LogP contribution in [0.1, 0.15) is 51.9 Å². The summed E-state index contributed by atoms with van der Waals surface area (Å²) in [6.45, 7) is 2.27. The lowest BCUT2D eigenvalue weighted by atomic mass is 9.93. The molecule has 0 aromatic heterocycles. The highest BCUT2D eigenvalue weighted by Gasteiger charge is 2.05. The van der Waals surface area contributed by atoms with E-state index in [4.69, 9.17) is 0 Å². The van der Waals surface area contributed by atoms with Gasteiger partial charge in [0, 0.05) is 0 Å². The van der Waals surface area contributed by atoms with E-state index in [-0.39, 0.29) is 0 Å². The number of allylic oxidation sites excluding steroid dienone is 8. The van der Waals surface area contributed by atoms with Crippen LogP contribution in [0.25, 0.3) is 0 Å². The smallest absolute Gasteiger partial charge is 0.0242 e. The average molecular weight is 214 g/mol. The van der Waals surface area contributed by atoms with E-state index in [0.717, 1.165) is 0 Å². The van der Waals surface area contributed by atoms with Gasteiger partial charge in [0.25, 0.3) is 0 Å². The molecule has 0 aromatic rings. The van der Waals surface area contributed by atoms with Crippen LogP contribution < -0.4 is 0 Å². The molecule has 2 aliphatic carbocycles. The molecule has 0 saturated carbocycles. The summed E-state index contributed by atoms with van der Waals surface area (Å²) < 4.78 is 0. The molecular weight excluding hydrogens is 192 g/mol. The van der Waals surface area contributed by atoms with Crippen LogP contribution in [0, 0.1) is 0 Å². The van der Waals surface area contributed by atoms with E-state index in [1.807, 2.05) is 0 Å². The second-order valence-corrected chi connectivity index (χ2v) is 4.73. The summed E-state index contributed by atoms with van der Waals surface area (Å²) in [5, 5.41) is 0. The normalized spacial score (nSPS) is 20.2. The lowest BCUT2D eigenvalue weighted by Crippen LogP contribution is -1.93. The predicted molar refractivity (Wildman–Crippen MR) is 71.4 cm³/mol. The van der Waals surface area contributed by atoms with E-state index in [1.165, 1.54) is 50.5 Å². The molecule has 0 spiro atoms. The van der Waals surface area contributed by atoms with Crippen LogP contribution >= 0.6 is 0 Å². The molecule has 0 saturated heterocycles. The third-order valence-electron chi connectivity index (χ3n) is 3.49. The topological polar surface area (TPSA) is 0 Å². The zero-order valence-corrected chi connectivity index (χ0v) is 10.3. The van der Waals surface area contributed by atoms with Gasteiger partial charge in [-0.05, 0) is 44.9 Å². The fraction of sp³-hybridized carbons (Fsp3) is 0.500. The van der Waals surface area contributed by atoms with Crippen molar-refractivity contribution >= 4 is 0 Å². The van der Waals surface area contributed by atoms with E-state index in [0.29, 0.717) is 0 Å². The van der Waals surface area contributed by atoms with Gasteiger partial charge in [-0.25, -0.2) is 0 Å². The summed E-state index contributed by atoms with van der Waals surface area (Å²) in [5.74, 6) is 0. The van der Waals surface area contributed by atoms with Crippen molar-refractivity contribution in [3.8, 4) is 0 Å². The van der Waals surface area contributed by atoms with Crippen molar-refractivity contribution in [1.82, 2.24) is 0 Å². The highest BCUT2D eigenvalue weighted by atomic mass is 14.1. The summed E-state index contributed by atoms with van der Waals surface area (Å²) in [5.41, 5.74) is 4.72. The molecule has 2 rings (SSSR count). The first-order valence-corrected chi connectivity index (χ1v) is 6.62. The fourth-order valence-corrected chi connectivity index (χ4v) is 2.43. The fourth-order valence-electron chi connectivity index (χ4n) is 2.43. The van der Waals surface area contributed by atoms with Gasteiger partial charge in [0.1, 0.15) is 0 Å². The SMILES string of the molecule is CCC1=CC(CCC2=CCCC=C2)=CCC1. The Balaban J connectivity index is 1.86. The van der Waals surface area contributed by atoms with E-state index in [9.17, 15) is 0 Å². The Bertz CT molecular complexity index is 350. The molecule has 86 valence electrons. The largest absolute Gasteiger partial charge is 0.0840 e. The molecule has 0 aromatic carbocycles. The molecule has 0 N–H and O–H groups in total. The molecular formula is C16H22. The highest BCUT2D eigenvalue weighted by Crippen LogP contribution is 2.25. The Hall–Kier alpha value is -1.04.